The maximum atomic E-state index is 11.7. The monoisotopic (exact) mass is 364 g/mol. The van der Waals surface area contributed by atoms with Gasteiger partial charge in [0.15, 0.2) is 0 Å². The molecular formula is C10H10Br2N2OS. The number of carbonyl (C=O) groups excluding carboxylic acids is 1. The lowest BCUT2D eigenvalue weighted by molar-refractivity contribution is 0.0954. The second-order valence-electron chi connectivity index (χ2n) is 3.13. The first-order valence-electron chi connectivity index (χ1n) is 4.51. The minimum absolute atomic E-state index is 0.141. The van der Waals surface area contributed by atoms with Crippen molar-refractivity contribution in [3.8, 4) is 0 Å². The van der Waals surface area contributed by atoms with Gasteiger partial charge in [-0.05, 0) is 18.2 Å². The number of amides is 1. The molecule has 0 spiro atoms. The molecule has 1 aromatic carbocycles. The van der Waals surface area contributed by atoms with Crippen LogP contribution in [0.25, 0.3) is 0 Å². The summed E-state index contributed by atoms with van der Waals surface area (Å²) in [7, 11) is 0. The van der Waals surface area contributed by atoms with E-state index in [1.807, 2.05) is 6.07 Å². The normalized spacial score (nSPS) is 9.88. The second kappa shape index (κ2) is 6.32. The number of benzene rings is 1. The standard InChI is InChI=1S/C10H10Br2N2OS/c11-7-3-6(4-8(12)5-7)10(15)14-2-1-9(13)16/h3-5H,1-2H2,(H2,13,16)(H,14,15). The van der Waals surface area contributed by atoms with Crippen LogP contribution in [-0.2, 0) is 0 Å². The first kappa shape index (κ1) is 13.6. The van der Waals surface area contributed by atoms with Gasteiger partial charge in [0.2, 0.25) is 0 Å². The first-order chi connectivity index (χ1) is 7.49. The Morgan fingerprint density at radius 1 is 1.31 bits per heavy atom. The highest BCUT2D eigenvalue weighted by Crippen LogP contribution is 2.19. The Balaban J connectivity index is 2.62. The van der Waals surface area contributed by atoms with E-state index in [4.69, 9.17) is 18.0 Å². The number of nitrogens with two attached hydrogens (primary N) is 1. The second-order valence-corrected chi connectivity index (χ2v) is 5.49. The topological polar surface area (TPSA) is 55.1 Å². The van der Waals surface area contributed by atoms with Crippen LogP contribution >= 0.6 is 44.1 Å². The van der Waals surface area contributed by atoms with Gasteiger partial charge in [0.1, 0.15) is 0 Å². The molecule has 0 atom stereocenters. The Morgan fingerprint density at radius 2 is 1.88 bits per heavy atom. The predicted molar refractivity (Wildman–Crippen MR) is 75.6 cm³/mol. The quantitative estimate of drug-likeness (QED) is 0.806. The highest BCUT2D eigenvalue weighted by Gasteiger charge is 2.06. The van der Waals surface area contributed by atoms with Crippen molar-refractivity contribution in [3.63, 3.8) is 0 Å². The molecule has 0 unspecified atom stereocenters. The summed E-state index contributed by atoms with van der Waals surface area (Å²) in [4.78, 5) is 12.1. The van der Waals surface area contributed by atoms with E-state index < -0.39 is 0 Å². The van der Waals surface area contributed by atoms with E-state index in [-0.39, 0.29) is 5.91 Å². The molecule has 0 radical (unpaired) electrons. The van der Waals surface area contributed by atoms with Crippen molar-refractivity contribution < 1.29 is 4.79 Å². The van der Waals surface area contributed by atoms with Crippen LogP contribution in [0.15, 0.2) is 27.1 Å². The van der Waals surface area contributed by atoms with E-state index in [1.54, 1.807) is 12.1 Å². The van der Waals surface area contributed by atoms with Gasteiger partial charge in [0, 0.05) is 27.5 Å². The SMILES string of the molecule is NC(=S)CCNC(=O)c1cc(Br)cc(Br)c1. The van der Waals surface area contributed by atoms with Crippen LogP contribution in [0.3, 0.4) is 0 Å². The molecule has 0 aromatic heterocycles. The van der Waals surface area contributed by atoms with Crippen molar-refractivity contribution in [3.05, 3.63) is 32.7 Å². The van der Waals surface area contributed by atoms with E-state index in [0.717, 1.165) is 8.95 Å². The predicted octanol–water partition coefficient (Wildman–Crippen LogP) is 2.62. The lowest BCUT2D eigenvalue weighted by Crippen LogP contribution is -2.27. The molecule has 0 bridgehead atoms. The van der Waals surface area contributed by atoms with Crippen LogP contribution in [0.4, 0.5) is 0 Å². The minimum atomic E-state index is -0.141. The average molecular weight is 366 g/mol. The van der Waals surface area contributed by atoms with Gasteiger partial charge in [-0.15, -0.1) is 0 Å². The maximum Gasteiger partial charge on any atom is 0.251 e. The summed E-state index contributed by atoms with van der Waals surface area (Å²) in [6.45, 7) is 0.457. The van der Waals surface area contributed by atoms with Crippen LogP contribution in [0, 0.1) is 0 Å². The highest BCUT2D eigenvalue weighted by molar-refractivity contribution is 9.11. The third-order valence-corrected chi connectivity index (χ3v) is 2.90. The number of hydrogen-bond donors (Lipinski definition) is 2. The zero-order valence-electron chi connectivity index (χ0n) is 8.30. The highest BCUT2D eigenvalue weighted by atomic mass is 79.9. The molecule has 3 nitrogen and oxygen atoms in total. The zero-order valence-corrected chi connectivity index (χ0v) is 12.3. The number of nitrogens with one attached hydrogen (secondary N) is 1. The largest absolute Gasteiger partial charge is 0.393 e. The van der Waals surface area contributed by atoms with Crippen LogP contribution in [0.5, 0.6) is 0 Å². The summed E-state index contributed by atoms with van der Waals surface area (Å²) in [6, 6.07) is 5.37. The summed E-state index contributed by atoms with van der Waals surface area (Å²) in [6.07, 6.45) is 0.510. The van der Waals surface area contributed by atoms with E-state index in [2.05, 4.69) is 37.2 Å². The summed E-state index contributed by atoms with van der Waals surface area (Å²) in [5.41, 5.74) is 5.92. The molecule has 0 saturated carbocycles. The molecule has 16 heavy (non-hydrogen) atoms. The zero-order chi connectivity index (χ0) is 12.1. The summed E-state index contributed by atoms with van der Waals surface area (Å²) in [5, 5.41) is 2.74. The molecule has 6 heteroatoms. The van der Waals surface area contributed by atoms with Crippen molar-refractivity contribution in [2.75, 3.05) is 6.54 Å². The maximum absolute atomic E-state index is 11.7. The van der Waals surface area contributed by atoms with Crippen molar-refractivity contribution in [1.29, 1.82) is 0 Å². The smallest absolute Gasteiger partial charge is 0.251 e. The molecular weight excluding hydrogens is 356 g/mol. The Bertz CT molecular complexity index is 403. The molecule has 0 aliphatic heterocycles. The Kier molecular flexibility index (Phi) is 5.37. The third kappa shape index (κ3) is 4.59. The number of thiocarbonyl (C=S) groups is 1. The minimum Gasteiger partial charge on any atom is -0.393 e. The van der Waals surface area contributed by atoms with Gasteiger partial charge in [-0.2, -0.15) is 0 Å². The van der Waals surface area contributed by atoms with E-state index >= 15 is 0 Å². The van der Waals surface area contributed by atoms with Gasteiger partial charge >= 0.3 is 0 Å². The molecule has 1 aromatic rings. The molecule has 0 saturated heterocycles. The molecule has 1 rings (SSSR count). The first-order valence-corrected chi connectivity index (χ1v) is 6.51. The lowest BCUT2D eigenvalue weighted by atomic mass is 10.2. The molecule has 0 heterocycles. The Hall–Kier alpha value is -0.460. The number of carbonyl (C=O) groups is 1. The fraction of sp³-hybridized carbons (Fsp3) is 0.200. The fourth-order valence-electron chi connectivity index (χ4n) is 1.09. The number of hydrogen-bond acceptors (Lipinski definition) is 2. The molecule has 3 N–H and O–H groups in total. The van der Waals surface area contributed by atoms with Crippen LogP contribution in [0.2, 0.25) is 0 Å². The number of halogens is 2. The van der Waals surface area contributed by atoms with Crippen molar-refractivity contribution in [1.82, 2.24) is 5.32 Å². The van der Waals surface area contributed by atoms with Gasteiger partial charge in [-0.3, -0.25) is 4.79 Å². The van der Waals surface area contributed by atoms with Crippen LogP contribution < -0.4 is 11.1 Å². The van der Waals surface area contributed by atoms with Crippen molar-refractivity contribution in [2.45, 2.75) is 6.42 Å². The lowest BCUT2D eigenvalue weighted by Gasteiger charge is -2.05. The van der Waals surface area contributed by atoms with Crippen molar-refractivity contribution in [2.24, 2.45) is 5.73 Å². The number of rotatable bonds is 4. The van der Waals surface area contributed by atoms with E-state index in [9.17, 15) is 4.79 Å². The summed E-state index contributed by atoms with van der Waals surface area (Å²) < 4.78 is 1.70. The third-order valence-electron chi connectivity index (χ3n) is 1.78. The fourth-order valence-corrected chi connectivity index (χ4v) is 2.48. The van der Waals surface area contributed by atoms with Gasteiger partial charge in [0.05, 0.1) is 4.99 Å². The Labute approximate surface area is 116 Å². The van der Waals surface area contributed by atoms with E-state index in [0.29, 0.717) is 23.5 Å². The van der Waals surface area contributed by atoms with E-state index in [1.165, 1.54) is 0 Å². The van der Waals surface area contributed by atoms with Gasteiger partial charge in [0.25, 0.3) is 5.91 Å². The van der Waals surface area contributed by atoms with Gasteiger partial charge in [-0.1, -0.05) is 44.1 Å². The van der Waals surface area contributed by atoms with Crippen LogP contribution in [-0.4, -0.2) is 17.4 Å². The van der Waals surface area contributed by atoms with Crippen molar-refractivity contribution >= 4 is 55.0 Å². The molecule has 1 amide bonds. The van der Waals surface area contributed by atoms with Crippen LogP contribution in [0.1, 0.15) is 16.8 Å². The Morgan fingerprint density at radius 3 is 2.38 bits per heavy atom. The molecule has 0 aliphatic carbocycles. The van der Waals surface area contributed by atoms with Gasteiger partial charge < -0.3 is 11.1 Å². The molecule has 0 fully saturated rings. The molecule has 0 aliphatic rings. The molecule has 86 valence electrons. The summed E-state index contributed by atoms with van der Waals surface area (Å²) >= 11 is 11.4. The summed E-state index contributed by atoms with van der Waals surface area (Å²) in [5.74, 6) is -0.141. The van der Waals surface area contributed by atoms with Gasteiger partial charge in [-0.25, -0.2) is 0 Å². The average Bonchev–Trinajstić information content (AvgIpc) is 2.15.